The van der Waals surface area contributed by atoms with E-state index in [-0.39, 0.29) is 17.5 Å². The van der Waals surface area contributed by atoms with Crippen molar-refractivity contribution in [1.82, 2.24) is 20.4 Å². The Balaban J connectivity index is 0.000000409. The van der Waals surface area contributed by atoms with Gasteiger partial charge in [0.25, 0.3) is 0 Å². The maximum atomic E-state index is 13.9. The van der Waals surface area contributed by atoms with E-state index >= 15 is 0 Å². The quantitative estimate of drug-likeness (QED) is 0.143. The van der Waals surface area contributed by atoms with Crippen LogP contribution in [0, 0.1) is 17.2 Å². The first-order chi connectivity index (χ1) is 20.4. The van der Waals surface area contributed by atoms with Crippen molar-refractivity contribution in [3.05, 3.63) is 65.0 Å². The summed E-state index contributed by atoms with van der Waals surface area (Å²) in [5.41, 5.74) is 2.95. The number of nitrogens with zero attached hydrogens (tertiary/aromatic N) is 2. The molecule has 0 unspecified atom stereocenters. The zero-order valence-electron chi connectivity index (χ0n) is 26.7. The van der Waals surface area contributed by atoms with Gasteiger partial charge in [0, 0.05) is 64.0 Å². The SMILES string of the molecule is C=C/C(C)=C\C=C/C[C@H]1CNC[C@H]1c1cc(F)c(Cl)cc1NC=O.CC(C)(C)C.O=CNCCN1CCN(CCO)CC1. The van der Waals surface area contributed by atoms with Gasteiger partial charge in [0.1, 0.15) is 5.82 Å². The lowest BCUT2D eigenvalue weighted by Crippen LogP contribution is -2.48. The Labute approximate surface area is 263 Å². The van der Waals surface area contributed by atoms with Crippen molar-refractivity contribution in [2.45, 2.75) is 47.0 Å². The van der Waals surface area contributed by atoms with E-state index in [0.29, 0.717) is 23.4 Å². The summed E-state index contributed by atoms with van der Waals surface area (Å²) in [5.74, 6) is -0.0198. The monoisotopic (exact) mass is 621 g/mol. The van der Waals surface area contributed by atoms with Crippen LogP contribution in [0.15, 0.2) is 48.6 Å². The second-order valence-electron chi connectivity index (χ2n) is 12.4. The van der Waals surface area contributed by atoms with Gasteiger partial charge in [-0.25, -0.2) is 4.39 Å². The molecule has 242 valence electrons. The normalized spacial score (nSPS) is 19.6. The van der Waals surface area contributed by atoms with Gasteiger partial charge in [-0.15, -0.1) is 0 Å². The highest BCUT2D eigenvalue weighted by atomic mass is 35.5. The van der Waals surface area contributed by atoms with Gasteiger partial charge in [0.2, 0.25) is 12.8 Å². The van der Waals surface area contributed by atoms with Gasteiger partial charge in [0.15, 0.2) is 0 Å². The molecule has 1 aromatic rings. The topological polar surface area (TPSA) is 96.9 Å². The van der Waals surface area contributed by atoms with Crippen molar-refractivity contribution >= 4 is 30.1 Å². The lowest BCUT2D eigenvalue weighted by atomic mass is 9.85. The van der Waals surface area contributed by atoms with Crippen LogP contribution >= 0.6 is 11.6 Å². The van der Waals surface area contributed by atoms with Crippen molar-refractivity contribution in [3.8, 4) is 0 Å². The predicted molar refractivity (Wildman–Crippen MR) is 177 cm³/mol. The van der Waals surface area contributed by atoms with Gasteiger partial charge in [0.05, 0.1) is 11.6 Å². The van der Waals surface area contributed by atoms with E-state index in [4.69, 9.17) is 16.7 Å². The second kappa shape index (κ2) is 21.2. The molecule has 2 aliphatic rings. The lowest BCUT2D eigenvalue weighted by Gasteiger charge is -2.34. The van der Waals surface area contributed by atoms with E-state index < -0.39 is 5.82 Å². The number of rotatable bonds is 13. The molecular weight excluding hydrogens is 569 g/mol. The number of piperazine rings is 1. The molecule has 43 heavy (non-hydrogen) atoms. The molecule has 0 bridgehead atoms. The molecule has 0 saturated carbocycles. The summed E-state index contributed by atoms with van der Waals surface area (Å²) in [4.78, 5) is 25.4. The van der Waals surface area contributed by atoms with E-state index in [1.54, 1.807) is 6.08 Å². The van der Waals surface area contributed by atoms with Gasteiger partial charge in [-0.3, -0.25) is 19.4 Å². The number of aliphatic hydroxyl groups excluding tert-OH is 1. The molecule has 4 N–H and O–H groups in total. The van der Waals surface area contributed by atoms with Crippen LogP contribution in [-0.4, -0.2) is 93.2 Å². The summed E-state index contributed by atoms with van der Waals surface area (Å²) in [6.07, 6.45) is 10.1. The molecule has 3 rings (SSSR count). The van der Waals surface area contributed by atoms with E-state index in [9.17, 15) is 14.0 Å². The molecule has 0 spiro atoms. The number of aliphatic hydroxyl groups is 1. The fraction of sp³-hybridized carbons (Fsp3) is 0.576. The van der Waals surface area contributed by atoms with Gasteiger partial charge in [-0.2, -0.15) is 0 Å². The Morgan fingerprint density at radius 1 is 1.12 bits per heavy atom. The number of β-amino-alcohol motifs (C(OH)–C–C–N with tert-alkyl or cyclic N) is 1. The van der Waals surface area contributed by atoms with Crippen LogP contribution in [0.2, 0.25) is 5.02 Å². The van der Waals surface area contributed by atoms with E-state index in [0.717, 1.165) is 82.9 Å². The Bertz CT molecular complexity index is 1030. The number of anilines is 1. The molecule has 0 radical (unpaired) electrons. The molecule has 2 heterocycles. The van der Waals surface area contributed by atoms with Crippen LogP contribution in [0.1, 0.15) is 52.5 Å². The Morgan fingerprint density at radius 3 is 2.30 bits per heavy atom. The number of carbonyl (C=O) groups is 2. The number of nitrogens with one attached hydrogen (secondary N) is 3. The van der Waals surface area contributed by atoms with Gasteiger partial charge < -0.3 is 21.1 Å². The highest BCUT2D eigenvalue weighted by molar-refractivity contribution is 6.31. The minimum atomic E-state index is -0.464. The molecule has 10 heteroatoms. The van der Waals surface area contributed by atoms with Crippen molar-refractivity contribution in [2.75, 3.05) is 70.8 Å². The van der Waals surface area contributed by atoms with Crippen LogP contribution in [0.5, 0.6) is 0 Å². The molecule has 0 aliphatic carbocycles. The average Bonchev–Trinajstić information content (AvgIpc) is 3.42. The fourth-order valence-corrected chi connectivity index (χ4v) is 4.77. The number of allylic oxidation sites excluding steroid dienone is 5. The maximum Gasteiger partial charge on any atom is 0.211 e. The number of halogens is 2. The highest BCUT2D eigenvalue weighted by Crippen LogP contribution is 2.37. The van der Waals surface area contributed by atoms with Gasteiger partial charge in [-0.1, -0.05) is 75.8 Å². The van der Waals surface area contributed by atoms with Crippen molar-refractivity contribution in [2.24, 2.45) is 11.3 Å². The molecule has 8 nitrogen and oxygen atoms in total. The zero-order valence-corrected chi connectivity index (χ0v) is 27.4. The molecule has 2 saturated heterocycles. The van der Waals surface area contributed by atoms with Gasteiger partial charge in [-0.05, 0) is 48.9 Å². The largest absolute Gasteiger partial charge is 0.395 e. The molecule has 2 amide bonds. The van der Waals surface area contributed by atoms with Crippen molar-refractivity contribution in [3.63, 3.8) is 0 Å². The molecule has 0 aromatic heterocycles. The van der Waals surface area contributed by atoms with Gasteiger partial charge >= 0.3 is 0 Å². The summed E-state index contributed by atoms with van der Waals surface area (Å²) in [7, 11) is 0. The summed E-state index contributed by atoms with van der Waals surface area (Å²) in [5, 5.41) is 17.4. The van der Waals surface area contributed by atoms with E-state index in [1.807, 2.05) is 19.1 Å². The lowest BCUT2D eigenvalue weighted by molar-refractivity contribution is -0.109. The zero-order chi connectivity index (χ0) is 32.3. The number of benzene rings is 1. The third-order valence-corrected chi connectivity index (χ3v) is 7.13. The summed E-state index contributed by atoms with van der Waals surface area (Å²) in [6, 6.07) is 2.91. The minimum Gasteiger partial charge on any atom is -0.395 e. The van der Waals surface area contributed by atoms with Crippen LogP contribution in [0.4, 0.5) is 10.1 Å². The Kier molecular flexibility index (Phi) is 19.0. The van der Waals surface area contributed by atoms with E-state index in [2.05, 4.69) is 66.1 Å². The average molecular weight is 622 g/mol. The number of hydrogen-bond acceptors (Lipinski definition) is 6. The molecular formula is C33H53ClFN5O3. The summed E-state index contributed by atoms with van der Waals surface area (Å²) >= 11 is 5.84. The summed E-state index contributed by atoms with van der Waals surface area (Å²) in [6.45, 7) is 22.8. The molecule has 2 fully saturated rings. The first-order valence-electron chi connectivity index (χ1n) is 15.0. The van der Waals surface area contributed by atoms with Crippen molar-refractivity contribution in [1.29, 1.82) is 0 Å². The molecule has 2 atom stereocenters. The standard InChI is InChI=1S/C19H22ClFN2O.C9H19N3O2.C5H12/c1-3-13(2)6-4-5-7-14-10-22-11-16(14)15-8-18(21)17(20)9-19(15)23-12-24;13-8-7-12-5-3-11(4-6-12)2-1-10-9-14;1-5(2,3)4/h3-6,8-9,12,14,16,22H,1,7,10-11H2,2H3,(H,23,24);9,13H,1-8H2,(H,10,14);1-4H3/b5-4-,13-6-;;/t14-,16+;;/m0../s1. The second-order valence-corrected chi connectivity index (χ2v) is 12.8. The molecule has 1 aromatic carbocycles. The van der Waals surface area contributed by atoms with Crippen LogP contribution in [0.25, 0.3) is 0 Å². The third-order valence-electron chi connectivity index (χ3n) is 6.84. The first-order valence-corrected chi connectivity index (χ1v) is 15.4. The number of hydrogen-bond donors (Lipinski definition) is 4. The van der Waals surface area contributed by atoms with Crippen molar-refractivity contribution < 1.29 is 19.1 Å². The van der Waals surface area contributed by atoms with Crippen LogP contribution in [0.3, 0.4) is 0 Å². The predicted octanol–water partition coefficient (Wildman–Crippen LogP) is 4.82. The smallest absolute Gasteiger partial charge is 0.211 e. The maximum absolute atomic E-state index is 13.9. The summed E-state index contributed by atoms with van der Waals surface area (Å²) < 4.78 is 13.9. The van der Waals surface area contributed by atoms with Crippen LogP contribution < -0.4 is 16.0 Å². The fourth-order valence-electron chi connectivity index (χ4n) is 4.60. The number of carbonyl (C=O) groups excluding carboxylic acids is 2. The highest BCUT2D eigenvalue weighted by Gasteiger charge is 2.30. The Morgan fingerprint density at radius 2 is 1.74 bits per heavy atom. The number of amides is 2. The first kappa shape index (κ1) is 38.5. The Hall–Kier alpha value is -2.56. The van der Waals surface area contributed by atoms with E-state index in [1.165, 1.54) is 12.1 Å². The molecule has 2 aliphatic heterocycles. The third kappa shape index (κ3) is 16.8. The minimum absolute atomic E-state index is 0.00976. The van der Waals surface area contributed by atoms with Crippen LogP contribution in [-0.2, 0) is 9.59 Å².